The number of hydrogen-bond acceptors (Lipinski definition) is 3. The molecular formula is C23H22FN3O3. The van der Waals surface area contributed by atoms with E-state index in [1.807, 2.05) is 30.3 Å². The average molecular weight is 407 g/mol. The van der Waals surface area contributed by atoms with Gasteiger partial charge in [-0.15, -0.1) is 0 Å². The summed E-state index contributed by atoms with van der Waals surface area (Å²) < 4.78 is 15.0. The number of amides is 2. The summed E-state index contributed by atoms with van der Waals surface area (Å²) in [5.41, 5.74) is 0.761. The predicted molar refractivity (Wildman–Crippen MR) is 112 cm³/mol. The molecule has 0 radical (unpaired) electrons. The Hall–Kier alpha value is -3.74. The molecule has 1 heterocycles. The lowest BCUT2D eigenvalue weighted by Crippen LogP contribution is -2.34. The van der Waals surface area contributed by atoms with E-state index in [2.05, 4.69) is 10.6 Å². The van der Waals surface area contributed by atoms with Crippen molar-refractivity contribution in [2.24, 2.45) is 0 Å². The van der Waals surface area contributed by atoms with Crippen LogP contribution in [0.25, 0.3) is 0 Å². The zero-order valence-corrected chi connectivity index (χ0v) is 16.5. The van der Waals surface area contributed by atoms with Crippen molar-refractivity contribution >= 4 is 11.8 Å². The van der Waals surface area contributed by atoms with Crippen molar-refractivity contribution in [1.29, 1.82) is 0 Å². The van der Waals surface area contributed by atoms with Crippen LogP contribution in [-0.4, -0.2) is 23.4 Å². The zero-order chi connectivity index (χ0) is 21.5. The summed E-state index contributed by atoms with van der Waals surface area (Å²) in [7, 11) is 1.42. The smallest absolute Gasteiger partial charge is 0.257 e. The zero-order valence-electron chi connectivity index (χ0n) is 16.5. The summed E-state index contributed by atoms with van der Waals surface area (Å²) in [6.07, 6.45) is 3.56. The first-order valence-electron chi connectivity index (χ1n) is 9.50. The molecule has 2 aromatic carbocycles. The van der Waals surface area contributed by atoms with Crippen LogP contribution in [0.3, 0.4) is 0 Å². The molecule has 0 aliphatic heterocycles. The van der Waals surface area contributed by atoms with Gasteiger partial charge < -0.3 is 15.2 Å². The number of rotatable bonds is 7. The Morgan fingerprint density at radius 1 is 0.933 bits per heavy atom. The second-order valence-corrected chi connectivity index (χ2v) is 6.78. The molecule has 154 valence electrons. The fourth-order valence-corrected chi connectivity index (χ4v) is 3.05. The quantitative estimate of drug-likeness (QED) is 0.632. The summed E-state index contributed by atoms with van der Waals surface area (Å²) in [6, 6.07) is 15.6. The van der Waals surface area contributed by atoms with Crippen LogP contribution in [0.5, 0.6) is 0 Å². The van der Waals surface area contributed by atoms with Gasteiger partial charge in [0.2, 0.25) is 5.43 Å². The van der Waals surface area contributed by atoms with Crippen molar-refractivity contribution in [3.05, 3.63) is 105 Å². The van der Waals surface area contributed by atoms with Gasteiger partial charge in [-0.3, -0.25) is 14.4 Å². The maximum Gasteiger partial charge on any atom is 0.257 e. The van der Waals surface area contributed by atoms with Crippen molar-refractivity contribution in [3.63, 3.8) is 0 Å². The Bertz CT molecular complexity index is 1110. The van der Waals surface area contributed by atoms with Gasteiger partial charge in [0.05, 0.1) is 0 Å². The third-order valence-corrected chi connectivity index (χ3v) is 4.64. The van der Waals surface area contributed by atoms with Gasteiger partial charge in [-0.05, 0) is 29.7 Å². The third-order valence-electron chi connectivity index (χ3n) is 4.64. The van der Waals surface area contributed by atoms with E-state index < -0.39 is 23.1 Å². The summed E-state index contributed by atoms with van der Waals surface area (Å²) in [6.45, 7) is 0.544. The molecule has 0 aliphatic carbocycles. The Balaban J connectivity index is 1.84. The Kier molecular flexibility index (Phi) is 6.75. The summed E-state index contributed by atoms with van der Waals surface area (Å²) >= 11 is 0. The van der Waals surface area contributed by atoms with Crippen molar-refractivity contribution in [3.8, 4) is 0 Å². The molecule has 1 aromatic heterocycles. The number of benzene rings is 2. The normalized spacial score (nSPS) is 10.5. The maximum absolute atomic E-state index is 13.3. The molecule has 30 heavy (non-hydrogen) atoms. The van der Waals surface area contributed by atoms with Crippen molar-refractivity contribution < 1.29 is 14.0 Å². The molecule has 0 fully saturated rings. The highest BCUT2D eigenvalue weighted by molar-refractivity contribution is 5.99. The third kappa shape index (κ3) is 5.20. The molecule has 0 saturated heterocycles. The predicted octanol–water partition coefficient (Wildman–Crippen LogP) is 2.52. The van der Waals surface area contributed by atoms with Crippen LogP contribution < -0.4 is 16.1 Å². The van der Waals surface area contributed by atoms with E-state index in [4.69, 9.17) is 0 Å². The standard InChI is InChI=1S/C23H22FN3O3/c1-25-22(29)19-14-27(11-10-16-6-3-2-4-7-16)15-20(21(19)28)23(30)26-13-17-8-5-9-18(24)12-17/h2-9,12,14-15H,10-11,13H2,1H3,(H,25,29)(H,26,30). The highest BCUT2D eigenvalue weighted by atomic mass is 19.1. The van der Waals surface area contributed by atoms with E-state index >= 15 is 0 Å². The second kappa shape index (κ2) is 9.65. The van der Waals surface area contributed by atoms with E-state index in [-0.39, 0.29) is 17.7 Å². The van der Waals surface area contributed by atoms with Crippen LogP contribution in [0, 0.1) is 5.82 Å². The summed E-state index contributed by atoms with van der Waals surface area (Å²) in [5, 5.41) is 5.05. The molecule has 0 aliphatic rings. The van der Waals surface area contributed by atoms with E-state index in [1.165, 1.54) is 31.6 Å². The minimum atomic E-state index is -0.651. The number of nitrogens with zero attached hydrogens (tertiary/aromatic N) is 1. The van der Waals surface area contributed by atoms with Crippen LogP contribution in [0.4, 0.5) is 4.39 Å². The van der Waals surface area contributed by atoms with E-state index in [0.717, 1.165) is 5.56 Å². The molecular weight excluding hydrogens is 385 g/mol. The van der Waals surface area contributed by atoms with E-state index in [1.54, 1.807) is 16.7 Å². The number of carbonyl (C=O) groups is 2. The number of aryl methyl sites for hydroxylation is 2. The Labute approximate surface area is 173 Å². The molecule has 0 unspecified atom stereocenters. The summed E-state index contributed by atoms with van der Waals surface area (Å²) in [5.74, 6) is -1.59. The number of carbonyl (C=O) groups excluding carboxylic acids is 2. The SMILES string of the molecule is CNC(=O)c1cn(CCc2ccccc2)cc(C(=O)NCc2cccc(F)c2)c1=O. The molecule has 0 atom stereocenters. The molecule has 3 rings (SSSR count). The van der Waals surface area contributed by atoms with Gasteiger partial charge in [0.1, 0.15) is 16.9 Å². The molecule has 0 saturated carbocycles. The van der Waals surface area contributed by atoms with Crippen LogP contribution in [-0.2, 0) is 19.5 Å². The first-order chi connectivity index (χ1) is 14.5. The van der Waals surface area contributed by atoms with Crippen LogP contribution in [0.2, 0.25) is 0 Å². The molecule has 2 N–H and O–H groups in total. The van der Waals surface area contributed by atoms with E-state index in [0.29, 0.717) is 18.5 Å². The van der Waals surface area contributed by atoms with Gasteiger partial charge in [0.25, 0.3) is 11.8 Å². The molecule has 7 heteroatoms. The highest BCUT2D eigenvalue weighted by Gasteiger charge is 2.18. The minimum absolute atomic E-state index is 0.0598. The molecule has 0 spiro atoms. The minimum Gasteiger partial charge on any atom is -0.355 e. The monoisotopic (exact) mass is 407 g/mol. The Morgan fingerprint density at radius 2 is 1.60 bits per heavy atom. The lowest BCUT2D eigenvalue weighted by molar-refractivity contribution is 0.0948. The highest BCUT2D eigenvalue weighted by Crippen LogP contribution is 2.06. The number of pyridine rings is 1. The largest absolute Gasteiger partial charge is 0.355 e. The van der Waals surface area contributed by atoms with Gasteiger partial charge >= 0.3 is 0 Å². The van der Waals surface area contributed by atoms with Gasteiger partial charge in [-0.1, -0.05) is 42.5 Å². The summed E-state index contributed by atoms with van der Waals surface area (Å²) in [4.78, 5) is 37.5. The molecule has 3 aromatic rings. The first-order valence-corrected chi connectivity index (χ1v) is 9.50. The number of nitrogens with one attached hydrogen (secondary N) is 2. The fourth-order valence-electron chi connectivity index (χ4n) is 3.05. The van der Waals surface area contributed by atoms with Crippen LogP contribution in [0.15, 0.2) is 71.8 Å². The molecule has 0 bridgehead atoms. The number of halogens is 1. The number of aromatic nitrogens is 1. The second-order valence-electron chi connectivity index (χ2n) is 6.78. The lowest BCUT2D eigenvalue weighted by atomic mass is 10.1. The number of hydrogen-bond donors (Lipinski definition) is 2. The Morgan fingerprint density at radius 3 is 2.27 bits per heavy atom. The van der Waals surface area contributed by atoms with E-state index in [9.17, 15) is 18.8 Å². The van der Waals surface area contributed by atoms with Crippen LogP contribution >= 0.6 is 0 Å². The maximum atomic E-state index is 13.3. The van der Waals surface area contributed by atoms with Crippen molar-refractivity contribution in [1.82, 2.24) is 15.2 Å². The van der Waals surface area contributed by atoms with Crippen LogP contribution in [0.1, 0.15) is 31.8 Å². The van der Waals surface area contributed by atoms with Crippen molar-refractivity contribution in [2.45, 2.75) is 19.5 Å². The average Bonchev–Trinajstić information content (AvgIpc) is 2.77. The van der Waals surface area contributed by atoms with Gasteiger partial charge in [0, 0.05) is 32.5 Å². The first kappa shape index (κ1) is 21.0. The van der Waals surface area contributed by atoms with Gasteiger partial charge in [-0.2, -0.15) is 0 Å². The fraction of sp³-hybridized carbons (Fsp3) is 0.174. The molecule has 2 amide bonds. The topological polar surface area (TPSA) is 80.2 Å². The van der Waals surface area contributed by atoms with Gasteiger partial charge in [0.15, 0.2) is 0 Å². The molecule has 6 nitrogen and oxygen atoms in total. The van der Waals surface area contributed by atoms with Crippen molar-refractivity contribution in [2.75, 3.05) is 7.05 Å². The lowest BCUT2D eigenvalue weighted by Gasteiger charge is -2.12. The van der Waals surface area contributed by atoms with Gasteiger partial charge in [-0.25, -0.2) is 4.39 Å².